The van der Waals surface area contributed by atoms with Crippen molar-refractivity contribution in [1.29, 1.82) is 0 Å². The molecular weight excluding hydrogens is 428 g/mol. The van der Waals surface area contributed by atoms with E-state index in [1.807, 2.05) is 0 Å². The number of nitrogens with zero attached hydrogens (tertiary/aromatic N) is 4. The molecule has 10 heteroatoms. The molecule has 1 saturated heterocycles. The lowest BCUT2D eigenvalue weighted by molar-refractivity contribution is -0.137. The Morgan fingerprint density at radius 3 is 2.70 bits per heavy atom. The van der Waals surface area contributed by atoms with Crippen molar-refractivity contribution in [2.45, 2.75) is 38.8 Å². The van der Waals surface area contributed by atoms with Crippen LogP contribution >= 0.6 is 0 Å². The quantitative estimate of drug-likeness (QED) is 0.555. The van der Waals surface area contributed by atoms with E-state index >= 15 is 0 Å². The van der Waals surface area contributed by atoms with Crippen molar-refractivity contribution in [2.75, 3.05) is 18.1 Å². The number of carboxylic acid groups (broad SMARTS) is 1. The van der Waals surface area contributed by atoms with Gasteiger partial charge in [0, 0.05) is 30.9 Å². The van der Waals surface area contributed by atoms with E-state index in [2.05, 4.69) is 4.98 Å². The van der Waals surface area contributed by atoms with E-state index in [0.717, 1.165) is 0 Å². The number of imidazole rings is 1. The predicted molar refractivity (Wildman–Crippen MR) is 118 cm³/mol. The number of carbonyl (C=O) groups excluding carboxylic acids is 1. The van der Waals surface area contributed by atoms with E-state index in [0.29, 0.717) is 54.0 Å². The van der Waals surface area contributed by atoms with Gasteiger partial charge in [0.05, 0.1) is 24.0 Å². The molecule has 0 spiro atoms. The van der Waals surface area contributed by atoms with Crippen LogP contribution in [-0.4, -0.2) is 50.2 Å². The van der Waals surface area contributed by atoms with Gasteiger partial charge in [-0.25, -0.2) is 9.78 Å². The summed E-state index contributed by atoms with van der Waals surface area (Å²) in [5.41, 5.74) is 1.25. The lowest BCUT2D eigenvalue weighted by atomic mass is 10.3. The maximum atomic E-state index is 13.0. The van der Waals surface area contributed by atoms with Crippen molar-refractivity contribution in [3.05, 3.63) is 52.8 Å². The van der Waals surface area contributed by atoms with Gasteiger partial charge in [0.25, 0.3) is 5.91 Å². The largest absolute Gasteiger partial charge is 0.480 e. The zero-order valence-electron chi connectivity index (χ0n) is 18.1. The summed E-state index contributed by atoms with van der Waals surface area (Å²) >= 11 is 0. The normalized spacial score (nSPS) is 18.2. The van der Waals surface area contributed by atoms with Crippen LogP contribution in [0.4, 0.5) is 5.69 Å². The van der Waals surface area contributed by atoms with Crippen LogP contribution in [0, 0.1) is 12.8 Å². The van der Waals surface area contributed by atoms with Crippen LogP contribution in [0.5, 0.6) is 11.6 Å². The fraction of sp³-hybridized carbons (Fsp3) is 0.391. The third-order valence-corrected chi connectivity index (χ3v) is 6.06. The molecule has 3 aromatic heterocycles. The number of aromatic nitrogens is 3. The summed E-state index contributed by atoms with van der Waals surface area (Å²) in [6.07, 6.45) is 5.36. The fourth-order valence-electron chi connectivity index (χ4n) is 4.03. The van der Waals surface area contributed by atoms with E-state index in [9.17, 15) is 14.4 Å². The number of fused-ring (bicyclic) bond motifs is 1. The highest BCUT2D eigenvalue weighted by atomic mass is 16.5. The molecule has 1 N–H and O–H groups in total. The lowest BCUT2D eigenvalue weighted by Gasteiger charge is -2.17. The monoisotopic (exact) mass is 452 g/mol. The molecule has 0 aromatic carbocycles. The molecule has 33 heavy (non-hydrogen) atoms. The summed E-state index contributed by atoms with van der Waals surface area (Å²) in [4.78, 5) is 42.6. The van der Waals surface area contributed by atoms with Gasteiger partial charge in [-0.1, -0.05) is 0 Å². The van der Waals surface area contributed by atoms with Gasteiger partial charge in [-0.05, 0) is 43.9 Å². The molecule has 3 aromatic rings. The summed E-state index contributed by atoms with van der Waals surface area (Å²) in [5, 5.41) is 9.07. The molecule has 5 rings (SSSR count). The Hall–Kier alpha value is -3.82. The highest BCUT2D eigenvalue weighted by Gasteiger charge is 2.35. The molecule has 10 nitrogen and oxygen atoms in total. The Bertz CT molecular complexity index is 1270. The summed E-state index contributed by atoms with van der Waals surface area (Å²) < 4.78 is 14.1. The van der Waals surface area contributed by atoms with Crippen LogP contribution in [0.3, 0.4) is 0 Å². The van der Waals surface area contributed by atoms with Gasteiger partial charge in [0.2, 0.25) is 5.88 Å². The molecule has 1 atom stereocenters. The van der Waals surface area contributed by atoms with Gasteiger partial charge in [-0.15, -0.1) is 0 Å². The summed E-state index contributed by atoms with van der Waals surface area (Å²) in [6, 6.07) is 6.95. The Morgan fingerprint density at radius 1 is 1.18 bits per heavy atom. The number of pyridine rings is 2. The molecule has 1 saturated carbocycles. The van der Waals surface area contributed by atoms with Crippen molar-refractivity contribution in [3.8, 4) is 11.6 Å². The van der Waals surface area contributed by atoms with Crippen LogP contribution in [0.2, 0.25) is 0 Å². The maximum Gasteiger partial charge on any atom is 0.333 e. The minimum atomic E-state index is -1.09. The number of amides is 1. The van der Waals surface area contributed by atoms with Crippen LogP contribution in [0.25, 0.3) is 5.52 Å². The van der Waals surface area contributed by atoms with Gasteiger partial charge in [-0.2, -0.15) is 0 Å². The van der Waals surface area contributed by atoms with Crippen molar-refractivity contribution in [2.24, 2.45) is 5.92 Å². The first kappa shape index (κ1) is 21.0. The zero-order valence-corrected chi connectivity index (χ0v) is 18.1. The van der Waals surface area contributed by atoms with Crippen molar-refractivity contribution >= 4 is 23.1 Å². The third kappa shape index (κ3) is 4.15. The molecule has 4 heterocycles. The van der Waals surface area contributed by atoms with Crippen LogP contribution < -0.4 is 20.1 Å². The van der Waals surface area contributed by atoms with Crippen LogP contribution in [0.15, 0.2) is 41.5 Å². The Labute approximate surface area is 189 Å². The van der Waals surface area contributed by atoms with Gasteiger partial charge in [0.15, 0.2) is 6.10 Å². The third-order valence-electron chi connectivity index (χ3n) is 6.06. The number of rotatable bonds is 8. The average Bonchev–Trinajstić information content (AvgIpc) is 3.53. The maximum absolute atomic E-state index is 13.0. The Kier molecular flexibility index (Phi) is 5.27. The summed E-state index contributed by atoms with van der Waals surface area (Å²) in [7, 11) is 0. The second kappa shape index (κ2) is 8.27. The second-order valence-corrected chi connectivity index (χ2v) is 8.46. The number of aryl methyl sites for hydroxylation is 1. The van der Waals surface area contributed by atoms with E-state index in [1.54, 1.807) is 48.5 Å². The number of ether oxygens (including phenoxy) is 2. The van der Waals surface area contributed by atoms with Gasteiger partial charge >= 0.3 is 11.7 Å². The highest BCUT2D eigenvalue weighted by molar-refractivity contribution is 5.99. The number of carbonyl (C=O) groups is 2. The molecule has 0 bridgehead atoms. The highest BCUT2D eigenvalue weighted by Crippen LogP contribution is 2.30. The SMILES string of the molecule is Cc1c2ccc(N3CC[C@@H](Oc4ccc(OCC5CC5)nc4)C3=O)cn2c(=O)n1CC(=O)O. The molecule has 0 radical (unpaired) electrons. The molecular formula is C23H24N4O6. The first-order chi connectivity index (χ1) is 15.9. The summed E-state index contributed by atoms with van der Waals surface area (Å²) in [6.45, 7) is 2.39. The topological polar surface area (TPSA) is 115 Å². The van der Waals surface area contributed by atoms with Gasteiger partial charge < -0.3 is 19.5 Å². The average molecular weight is 452 g/mol. The minimum Gasteiger partial charge on any atom is -0.480 e. The molecule has 1 aliphatic heterocycles. The smallest absolute Gasteiger partial charge is 0.333 e. The fourth-order valence-corrected chi connectivity index (χ4v) is 4.03. The first-order valence-electron chi connectivity index (χ1n) is 10.9. The van der Waals surface area contributed by atoms with Crippen LogP contribution in [-0.2, 0) is 16.1 Å². The lowest BCUT2D eigenvalue weighted by Crippen LogP contribution is -2.32. The molecule has 1 amide bonds. The van der Waals surface area contributed by atoms with Crippen molar-refractivity contribution in [3.63, 3.8) is 0 Å². The molecule has 1 aliphatic carbocycles. The molecule has 2 aliphatic rings. The Morgan fingerprint density at radius 2 is 2.00 bits per heavy atom. The minimum absolute atomic E-state index is 0.210. The van der Waals surface area contributed by atoms with Crippen LogP contribution in [0.1, 0.15) is 25.0 Å². The van der Waals surface area contributed by atoms with Crippen molar-refractivity contribution < 1.29 is 24.2 Å². The number of carboxylic acids is 1. The van der Waals surface area contributed by atoms with Crippen molar-refractivity contribution in [1.82, 2.24) is 14.0 Å². The van der Waals surface area contributed by atoms with E-state index in [1.165, 1.54) is 21.8 Å². The predicted octanol–water partition coefficient (Wildman–Crippen LogP) is 1.86. The number of hydrogen-bond acceptors (Lipinski definition) is 6. The number of aliphatic carboxylic acids is 1. The standard InChI is InChI=1S/C23H24N4O6/c1-14-18-6-4-16(11-27(18)23(31)26(14)12-21(28)29)25-9-8-19(22(25)30)33-17-5-7-20(24-10-17)32-13-15-2-3-15/h4-7,10-11,15,19H,2-3,8-9,12-13H2,1H3,(H,28,29)/t19-/m1/s1. The van der Waals surface area contributed by atoms with E-state index in [4.69, 9.17) is 14.6 Å². The van der Waals surface area contributed by atoms with Gasteiger partial charge in [0.1, 0.15) is 12.3 Å². The number of hydrogen-bond donors (Lipinski definition) is 1. The molecule has 2 fully saturated rings. The van der Waals surface area contributed by atoms with E-state index < -0.39 is 24.3 Å². The van der Waals surface area contributed by atoms with E-state index in [-0.39, 0.29) is 5.91 Å². The first-order valence-corrected chi connectivity index (χ1v) is 10.9. The zero-order chi connectivity index (χ0) is 23.1. The molecule has 172 valence electrons. The second-order valence-electron chi connectivity index (χ2n) is 8.46. The number of anilines is 1. The Balaban J connectivity index is 1.29. The molecule has 0 unspecified atom stereocenters. The summed E-state index contributed by atoms with van der Waals surface area (Å²) in [5.74, 6) is 0.361. The van der Waals surface area contributed by atoms with Gasteiger partial charge in [-0.3, -0.25) is 18.6 Å².